The molecule has 0 fully saturated rings. The average Bonchev–Trinajstić information content (AvgIpc) is 2.69. The molecule has 0 saturated carbocycles. The predicted octanol–water partition coefficient (Wildman–Crippen LogP) is 4.37. The van der Waals surface area contributed by atoms with Gasteiger partial charge in [-0.3, -0.25) is 5.84 Å². The van der Waals surface area contributed by atoms with Crippen molar-refractivity contribution >= 4 is 50.5 Å². The Hall–Kier alpha value is -0.100. The van der Waals surface area contributed by atoms with Crippen LogP contribution in [0.15, 0.2) is 34.8 Å². The van der Waals surface area contributed by atoms with Crippen molar-refractivity contribution in [2.24, 2.45) is 5.84 Å². The minimum Gasteiger partial charge on any atom is -0.271 e. The Morgan fingerprint density at radius 2 is 2.00 bits per heavy atom. The lowest BCUT2D eigenvalue weighted by Crippen LogP contribution is -2.28. The lowest BCUT2D eigenvalue weighted by Gasteiger charge is -2.16. The van der Waals surface area contributed by atoms with Gasteiger partial charge in [-0.25, -0.2) is 5.43 Å². The van der Waals surface area contributed by atoms with Gasteiger partial charge in [-0.15, -0.1) is 11.3 Å². The molecule has 0 saturated heterocycles. The van der Waals surface area contributed by atoms with Crippen molar-refractivity contribution in [2.75, 3.05) is 0 Å². The van der Waals surface area contributed by atoms with Gasteiger partial charge in [0.25, 0.3) is 0 Å². The fourth-order valence-corrected chi connectivity index (χ4v) is 3.60. The molecule has 0 bridgehead atoms. The molecule has 1 aromatic heterocycles. The average molecular weight is 352 g/mol. The van der Waals surface area contributed by atoms with Gasteiger partial charge in [0.05, 0.1) is 10.4 Å². The van der Waals surface area contributed by atoms with Crippen LogP contribution in [-0.2, 0) is 0 Å². The van der Waals surface area contributed by atoms with Gasteiger partial charge in [-0.1, -0.05) is 45.2 Å². The molecule has 17 heavy (non-hydrogen) atoms. The Morgan fingerprint density at radius 3 is 2.53 bits per heavy atom. The molecule has 0 aliphatic rings. The van der Waals surface area contributed by atoms with E-state index in [1.54, 1.807) is 0 Å². The van der Waals surface area contributed by atoms with E-state index in [1.807, 2.05) is 30.3 Å². The van der Waals surface area contributed by atoms with Gasteiger partial charge in [-0.2, -0.15) is 0 Å². The van der Waals surface area contributed by atoms with Crippen molar-refractivity contribution in [3.8, 4) is 0 Å². The van der Waals surface area contributed by atoms with Gasteiger partial charge in [0.15, 0.2) is 0 Å². The molecule has 0 aliphatic carbocycles. The number of nitrogens with one attached hydrogen (secondary N) is 1. The molecule has 6 heteroatoms. The monoisotopic (exact) mass is 350 g/mol. The zero-order chi connectivity index (χ0) is 12.4. The second-order valence-electron chi connectivity index (χ2n) is 3.41. The first-order chi connectivity index (χ1) is 8.11. The third kappa shape index (κ3) is 3.02. The van der Waals surface area contributed by atoms with E-state index in [0.29, 0.717) is 5.02 Å². The van der Waals surface area contributed by atoms with Gasteiger partial charge in [0.2, 0.25) is 0 Å². The number of rotatable bonds is 3. The van der Waals surface area contributed by atoms with Gasteiger partial charge >= 0.3 is 0 Å². The summed E-state index contributed by atoms with van der Waals surface area (Å²) in [4.78, 5) is 1.06. The van der Waals surface area contributed by atoms with Crippen molar-refractivity contribution in [3.63, 3.8) is 0 Å². The minimum atomic E-state index is -0.0980. The lowest BCUT2D eigenvalue weighted by atomic mass is 10.1. The molecule has 90 valence electrons. The van der Waals surface area contributed by atoms with Crippen molar-refractivity contribution in [3.05, 3.63) is 54.6 Å². The molecule has 0 aliphatic heterocycles. The zero-order valence-corrected chi connectivity index (χ0v) is 12.5. The van der Waals surface area contributed by atoms with Gasteiger partial charge in [0, 0.05) is 14.4 Å². The molecule has 1 unspecified atom stereocenters. The highest BCUT2D eigenvalue weighted by Gasteiger charge is 2.17. The van der Waals surface area contributed by atoms with Crippen molar-refractivity contribution in [1.29, 1.82) is 0 Å². The second-order valence-corrected chi connectivity index (χ2v) is 6.44. The first-order valence-electron chi connectivity index (χ1n) is 4.78. The summed E-state index contributed by atoms with van der Waals surface area (Å²) in [6.07, 6.45) is 0. The number of thiophene rings is 1. The molecule has 1 heterocycles. The quantitative estimate of drug-likeness (QED) is 0.636. The topological polar surface area (TPSA) is 38.0 Å². The summed E-state index contributed by atoms with van der Waals surface area (Å²) in [5.74, 6) is 5.61. The molecule has 2 nitrogen and oxygen atoms in total. The third-order valence-electron chi connectivity index (χ3n) is 2.32. The Labute approximate surface area is 122 Å². The van der Waals surface area contributed by atoms with Gasteiger partial charge < -0.3 is 0 Å². The van der Waals surface area contributed by atoms with Crippen LogP contribution >= 0.6 is 50.5 Å². The smallest absolute Gasteiger partial charge is 0.0931 e. The summed E-state index contributed by atoms with van der Waals surface area (Å²) in [6.45, 7) is 0. The Kier molecular flexibility index (Phi) is 4.47. The van der Waals surface area contributed by atoms with Crippen molar-refractivity contribution in [2.45, 2.75) is 6.04 Å². The first-order valence-corrected chi connectivity index (χ1v) is 7.14. The van der Waals surface area contributed by atoms with E-state index < -0.39 is 0 Å². The van der Waals surface area contributed by atoms with Crippen LogP contribution in [0.4, 0.5) is 0 Å². The third-order valence-corrected chi connectivity index (χ3v) is 4.54. The molecule has 0 radical (unpaired) electrons. The van der Waals surface area contributed by atoms with Gasteiger partial charge in [-0.05, 0) is 29.8 Å². The Balaban J connectivity index is 2.42. The largest absolute Gasteiger partial charge is 0.271 e. The number of benzene rings is 1. The van der Waals surface area contributed by atoms with Crippen molar-refractivity contribution in [1.82, 2.24) is 5.43 Å². The molecule has 3 N–H and O–H groups in total. The van der Waals surface area contributed by atoms with E-state index in [0.717, 1.165) is 19.2 Å². The molecular weight excluding hydrogens is 343 g/mol. The molecule has 0 spiro atoms. The highest BCUT2D eigenvalue weighted by atomic mass is 79.9. The summed E-state index contributed by atoms with van der Waals surface area (Å²) in [5.41, 5.74) is 3.81. The summed E-state index contributed by atoms with van der Waals surface area (Å²) < 4.78 is 1.66. The maximum Gasteiger partial charge on any atom is 0.0931 e. The number of nitrogens with two attached hydrogens (primary N) is 1. The van der Waals surface area contributed by atoms with Gasteiger partial charge in [0.1, 0.15) is 0 Å². The molecule has 2 rings (SSSR count). The maximum absolute atomic E-state index is 5.93. The summed E-state index contributed by atoms with van der Waals surface area (Å²) in [5, 5.41) is 0.681. The maximum atomic E-state index is 5.93. The first kappa shape index (κ1) is 13.3. The second kappa shape index (κ2) is 5.69. The van der Waals surface area contributed by atoms with Crippen LogP contribution in [0, 0.1) is 0 Å². The van der Waals surface area contributed by atoms with E-state index in [2.05, 4.69) is 21.4 Å². The van der Waals surface area contributed by atoms with E-state index >= 15 is 0 Å². The van der Waals surface area contributed by atoms with Crippen LogP contribution in [0.3, 0.4) is 0 Å². The Morgan fingerprint density at radius 1 is 1.24 bits per heavy atom. The van der Waals surface area contributed by atoms with E-state index in [-0.39, 0.29) is 6.04 Å². The fraction of sp³-hybridized carbons (Fsp3) is 0.0909. The van der Waals surface area contributed by atoms with Crippen LogP contribution in [-0.4, -0.2) is 0 Å². The van der Waals surface area contributed by atoms with Crippen LogP contribution in [0.1, 0.15) is 16.5 Å². The van der Waals surface area contributed by atoms with Crippen LogP contribution < -0.4 is 11.3 Å². The van der Waals surface area contributed by atoms with Crippen LogP contribution in [0.5, 0.6) is 0 Å². The van der Waals surface area contributed by atoms with E-state index in [4.69, 9.17) is 29.0 Å². The lowest BCUT2D eigenvalue weighted by molar-refractivity contribution is 0.644. The summed E-state index contributed by atoms with van der Waals surface area (Å²) >= 11 is 16.8. The number of hydrazine groups is 1. The summed E-state index contributed by atoms with van der Waals surface area (Å²) in [7, 11) is 0. The standard InChI is InChI=1S/C11H9BrCl2N2S/c12-8-5-6(13)1-2-7(8)11(16-15)9-3-4-10(14)17-9/h1-5,11,16H,15H2. The Bertz CT molecular complexity index is 530. The number of hydrogen-bond donors (Lipinski definition) is 2. The zero-order valence-electron chi connectivity index (χ0n) is 8.58. The molecular formula is C11H9BrCl2N2S. The van der Waals surface area contributed by atoms with Crippen LogP contribution in [0.25, 0.3) is 0 Å². The van der Waals surface area contributed by atoms with E-state index in [1.165, 1.54) is 11.3 Å². The molecule has 1 aromatic carbocycles. The minimum absolute atomic E-state index is 0.0980. The molecule has 0 amide bonds. The predicted molar refractivity (Wildman–Crippen MR) is 77.6 cm³/mol. The summed E-state index contributed by atoms with van der Waals surface area (Å²) in [6, 6.07) is 9.33. The molecule has 1 atom stereocenters. The normalized spacial score (nSPS) is 12.7. The highest BCUT2D eigenvalue weighted by molar-refractivity contribution is 9.10. The highest BCUT2D eigenvalue weighted by Crippen LogP contribution is 2.34. The van der Waals surface area contributed by atoms with E-state index in [9.17, 15) is 0 Å². The number of hydrogen-bond acceptors (Lipinski definition) is 3. The van der Waals surface area contributed by atoms with Crippen molar-refractivity contribution < 1.29 is 0 Å². The SMILES string of the molecule is NNC(c1ccc(Cl)s1)c1ccc(Cl)cc1Br. The number of halogens is 3. The van der Waals surface area contributed by atoms with Crippen LogP contribution in [0.2, 0.25) is 9.36 Å². The fourth-order valence-electron chi connectivity index (χ4n) is 1.54. The molecule has 2 aromatic rings.